The van der Waals surface area contributed by atoms with Crippen LogP contribution in [0.3, 0.4) is 0 Å². The van der Waals surface area contributed by atoms with E-state index < -0.39 is 0 Å². The molecule has 0 aromatic carbocycles. The summed E-state index contributed by atoms with van der Waals surface area (Å²) in [7, 11) is 0. The Morgan fingerprint density at radius 3 is 1.65 bits per heavy atom. The highest BCUT2D eigenvalue weighted by Crippen LogP contribution is 2.13. The van der Waals surface area contributed by atoms with Crippen molar-refractivity contribution in [2.75, 3.05) is 6.54 Å². The van der Waals surface area contributed by atoms with E-state index in [-0.39, 0.29) is 0 Å². The number of hydrogen-bond donors (Lipinski definition) is 0. The fourth-order valence-corrected chi connectivity index (χ4v) is 3.36. The Morgan fingerprint density at radius 1 is 0.692 bits per heavy atom. The summed E-state index contributed by atoms with van der Waals surface area (Å²) in [5.74, 6) is 0. The average molecular weight is 359 g/mol. The van der Waals surface area contributed by atoms with E-state index in [0.717, 1.165) is 12.2 Å². The van der Waals surface area contributed by atoms with Gasteiger partial charge in [0, 0.05) is 19.0 Å². The maximum absolute atomic E-state index is 4.46. The molecule has 0 atom stereocenters. The van der Waals surface area contributed by atoms with Crippen LogP contribution in [0.2, 0.25) is 0 Å². The van der Waals surface area contributed by atoms with Gasteiger partial charge in [-0.1, -0.05) is 109 Å². The fraction of sp³-hybridized carbons (Fsp3) is 0.750. The van der Waals surface area contributed by atoms with Gasteiger partial charge in [0.25, 0.3) is 0 Å². The minimum Gasteiger partial charge on any atom is -0.291 e. The fourth-order valence-electron chi connectivity index (χ4n) is 3.36. The zero-order valence-corrected chi connectivity index (χ0v) is 17.3. The quantitative estimate of drug-likeness (QED) is 0.194. The number of rotatable bonds is 18. The Balaban J connectivity index is 1.73. The van der Waals surface area contributed by atoms with Crippen molar-refractivity contribution >= 4 is 6.21 Å². The summed E-state index contributed by atoms with van der Waals surface area (Å²) in [5, 5.41) is 0. The van der Waals surface area contributed by atoms with Crippen molar-refractivity contribution in [1.29, 1.82) is 0 Å². The zero-order valence-electron chi connectivity index (χ0n) is 17.3. The summed E-state index contributed by atoms with van der Waals surface area (Å²) in [6.45, 7) is 3.23. The van der Waals surface area contributed by atoms with Crippen LogP contribution in [0.4, 0.5) is 0 Å². The number of pyridine rings is 1. The van der Waals surface area contributed by atoms with Crippen LogP contribution in [-0.2, 0) is 0 Å². The second-order valence-electron chi connectivity index (χ2n) is 7.59. The SMILES string of the molecule is CCCCCCCCCCCCCCCCCC/N=C/c1ccccn1. The number of aromatic nitrogens is 1. The van der Waals surface area contributed by atoms with Gasteiger partial charge in [-0.25, -0.2) is 0 Å². The van der Waals surface area contributed by atoms with E-state index in [1.54, 1.807) is 0 Å². The van der Waals surface area contributed by atoms with Gasteiger partial charge in [-0.3, -0.25) is 9.98 Å². The highest BCUT2D eigenvalue weighted by Gasteiger charge is 1.94. The minimum absolute atomic E-state index is 0.940. The van der Waals surface area contributed by atoms with Crippen LogP contribution in [0, 0.1) is 0 Å². The highest BCUT2D eigenvalue weighted by molar-refractivity contribution is 5.76. The van der Waals surface area contributed by atoms with Crippen LogP contribution in [0.5, 0.6) is 0 Å². The molecule has 0 aliphatic carbocycles. The molecule has 0 saturated carbocycles. The molecule has 0 aliphatic rings. The highest BCUT2D eigenvalue weighted by atomic mass is 14.7. The largest absolute Gasteiger partial charge is 0.291 e. The van der Waals surface area contributed by atoms with Gasteiger partial charge in [-0.05, 0) is 18.6 Å². The molecule has 0 amide bonds. The molecule has 0 saturated heterocycles. The van der Waals surface area contributed by atoms with Crippen molar-refractivity contribution in [3.63, 3.8) is 0 Å². The lowest BCUT2D eigenvalue weighted by atomic mass is 10.0. The van der Waals surface area contributed by atoms with E-state index in [0.29, 0.717) is 0 Å². The Kier molecular flexibility index (Phi) is 16.4. The first-order valence-electron chi connectivity index (χ1n) is 11.3. The molecule has 2 heteroatoms. The molecule has 148 valence electrons. The van der Waals surface area contributed by atoms with Crippen LogP contribution in [-0.4, -0.2) is 17.7 Å². The lowest BCUT2D eigenvalue weighted by Crippen LogP contribution is -1.88. The zero-order chi connectivity index (χ0) is 18.5. The van der Waals surface area contributed by atoms with Crippen molar-refractivity contribution in [3.8, 4) is 0 Å². The number of unbranched alkanes of at least 4 members (excludes halogenated alkanes) is 15. The molecule has 0 aliphatic heterocycles. The van der Waals surface area contributed by atoms with Crippen LogP contribution in [0.25, 0.3) is 0 Å². The Hall–Kier alpha value is -1.18. The van der Waals surface area contributed by atoms with Crippen LogP contribution in [0.15, 0.2) is 29.4 Å². The lowest BCUT2D eigenvalue weighted by Gasteiger charge is -2.03. The van der Waals surface area contributed by atoms with Gasteiger partial charge in [0.05, 0.1) is 5.69 Å². The van der Waals surface area contributed by atoms with Gasteiger partial charge < -0.3 is 0 Å². The van der Waals surface area contributed by atoms with Crippen LogP contribution < -0.4 is 0 Å². The first-order valence-corrected chi connectivity index (χ1v) is 11.3. The summed E-state index contributed by atoms with van der Waals surface area (Å²) in [6.07, 6.45) is 26.3. The van der Waals surface area contributed by atoms with Crippen LogP contribution in [0.1, 0.15) is 115 Å². The van der Waals surface area contributed by atoms with Gasteiger partial charge in [0.1, 0.15) is 0 Å². The van der Waals surface area contributed by atoms with Gasteiger partial charge in [-0.2, -0.15) is 0 Å². The molecule has 1 aromatic rings. The Morgan fingerprint density at radius 2 is 1.19 bits per heavy atom. The molecule has 0 radical (unpaired) electrons. The van der Waals surface area contributed by atoms with Crippen molar-refractivity contribution in [2.45, 2.75) is 110 Å². The summed E-state index contributed by atoms with van der Waals surface area (Å²) < 4.78 is 0. The standard InChI is InChI=1S/C24H42N2/c1-2-3-4-5-6-7-8-9-10-11-12-13-14-15-16-18-21-25-23-24-20-17-19-22-26-24/h17,19-20,22-23H,2-16,18,21H2,1H3/b25-23+. The van der Waals surface area contributed by atoms with Crippen molar-refractivity contribution in [3.05, 3.63) is 30.1 Å². The normalized spacial score (nSPS) is 11.4. The first-order chi connectivity index (χ1) is 12.9. The van der Waals surface area contributed by atoms with E-state index in [2.05, 4.69) is 16.9 Å². The molecule has 0 fully saturated rings. The first kappa shape index (κ1) is 22.9. The third-order valence-corrected chi connectivity index (χ3v) is 5.05. The second-order valence-corrected chi connectivity index (χ2v) is 7.59. The molecule has 0 unspecified atom stereocenters. The predicted octanol–water partition coefficient (Wildman–Crippen LogP) is 7.76. The molecule has 1 rings (SSSR count). The lowest BCUT2D eigenvalue weighted by molar-refractivity contribution is 0.530. The molecular formula is C24H42N2. The Labute approximate surface area is 162 Å². The number of hydrogen-bond acceptors (Lipinski definition) is 2. The average Bonchev–Trinajstić information content (AvgIpc) is 2.68. The summed E-state index contributed by atoms with van der Waals surface area (Å²) >= 11 is 0. The molecule has 0 bridgehead atoms. The maximum Gasteiger partial charge on any atom is 0.0807 e. The monoisotopic (exact) mass is 358 g/mol. The second kappa shape index (κ2) is 18.6. The molecule has 26 heavy (non-hydrogen) atoms. The van der Waals surface area contributed by atoms with Crippen LogP contribution >= 0.6 is 0 Å². The predicted molar refractivity (Wildman–Crippen MR) is 116 cm³/mol. The smallest absolute Gasteiger partial charge is 0.0807 e. The van der Waals surface area contributed by atoms with E-state index in [9.17, 15) is 0 Å². The summed E-state index contributed by atoms with van der Waals surface area (Å²) in [6, 6.07) is 5.94. The maximum atomic E-state index is 4.46. The molecule has 0 N–H and O–H groups in total. The number of aliphatic imine (C=N–C) groups is 1. The minimum atomic E-state index is 0.940. The van der Waals surface area contributed by atoms with Crippen molar-refractivity contribution in [2.24, 2.45) is 4.99 Å². The third kappa shape index (κ3) is 15.1. The molecule has 0 spiro atoms. The van der Waals surface area contributed by atoms with Gasteiger partial charge >= 0.3 is 0 Å². The molecule has 2 nitrogen and oxygen atoms in total. The topological polar surface area (TPSA) is 25.2 Å². The van der Waals surface area contributed by atoms with Gasteiger partial charge in [-0.15, -0.1) is 0 Å². The van der Waals surface area contributed by atoms with Gasteiger partial charge in [0.15, 0.2) is 0 Å². The Bertz CT molecular complexity index is 413. The number of nitrogens with zero attached hydrogens (tertiary/aromatic N) is 2. The van der Waals surface area contributed by atoms with E-state index in [4.69, 9.17) is 0 Å². The van der Waals surface area contributed by atoms with Crippen molar-refractivity contribution in [1.82, 2.24) is 4.98 Å². The van der Waals surface area contributed by atoms with Gasteiger partial charge in [0.2, 0.25) is 0 Å². The molecule has 1 heterocycles. The molecule has 1 aromatic heterocycles. The van der Waals surface area contributed by atoms with E-state index in [1.807, 2.05) is 30.6 Å². The third-order valence-electron chi connectivity index (χ3n) is 5.05. The van der Waals surface area contributed by atoms with E-state index in [1.165, 1.54) is 103 Å². The summed E-state index contributed by atoms with van der Waals surface area (Å²) in [5.41, 5.74) is 0.962. The summed E-state index contributed by atoms with van der Waals surface area (Å²) in [4.78, 5) is 8.70. The molecular weight excluding hydrogens is 316 g/mol. The van der Waals surface area contributed by atoms with E-state index >= 15 is 0 Å². The van der Waals surface area contributed by atoms with Crippen molar-refractivity contribution < 1.29 is 0 Å².